The molecule has 0 spiro atoms. The fraction of sp³-hybridized carbons (Fsp3) is 0.611. The van der Waals surface area contributed by atoms with Crippen molar-refractivity contribution in [1.29, 1.82) is 0 Å². The molecule has 1 aliphatic heterocycles. The second-order valence-electron chi connectivity index (χ2n) is 6.80. The average molecular weight is 344 g/mol. The molecule has 0 saturated carbocycles. The van der Waals surface area contributed by atoms with Gasteiger partial charge in [0.2, 0.25) is 0 Å². The highest BCUT2D eigenvalue weighted by atomic mass is 32.1. The summed E-state index contributed by atoms with van der Waals surface area (Å²) in [6, 6.07) is 0.410. The van der Waals surface area contributed by atoms with Crippen LogP contribution < -0.4 is 4.90 Å². The smallest absolute Gasteiger partial charge is 0.135 e. The SMILES string of the molecule is Cc1nc2c(c(N3CCN(C(C)c4nccs4)CC3)n1)CCCC2. The number of hydrogen-bond donors (Lipinski definition) is 0. The Morgan fingerprint density at radius 1 is 1.08 bits per heavy atom. The van der Waals surface area contributed by atoms with E-state index in [1.807, 2.05) is 13.1 Å². The molecular formula is C18H25N5S. The van der Waals surface area contributed by atoms with Gasteiger partial charge in [0.1, 0.15) is 16.6 Å². The minimum absolute atomic E-state index is 0.410. The van der Waals surface area contributed by atoms with Crippen molar-refractivity contribution in [2.75, 3.05) is 31.1 Å². The summed E-state index contributed by atoms with van der Waals surface area (Å²) >= 11 is 1.76. The van der Waals surface area contributed by atoms with E-state index in [0.717, 1.165) is 44.8 Å². The summed E-state index contributed by atoms with van der Waals surface area (Å²) in [5, 5.41) is 3.29. The van der Waals surface area contributed by atoms with E-state index in [1.54, 1.807) is 11.3 Å². The number of piperazine rings is 1. The molecule has 1 atom stereocenters. The molecule has 0 bridgehead atoms. The normalized spacial score (nSPS) is 20.0. The van der Waals surface area contributed by atoms with Crippen LogP contribution in [-0.2, 0) is 12.8 Å². The monoisotopic (exact) mass is 343 g/mol. The molecule has 2 aromatic rings. The third kappa shape index (κ3) is 3.05. The Morgan fingerprint density at radius 3 is 2.62 bits per heavy atom. The van der Waals surface area contributed by atoms with E-state index in [1.165, 1.54) is 34.9 Å². The molecule has 0 amide bonds. The second-order valence-corrected chi connectivity index (χ2v) is 7.72. The van der Waals surface area contributed by atoms with E-state index in [-0.39, 0.29) is 0 Å². The molecule has 3 heterocycles. The van der Waals surface area contributed by atoms with Crippen LogP contribution in [0, 0.1) is 6.92 Å². The summed E-state index contributed by atoms with van der Waals surface area (Å²) < 4.78 is 0. The third-order valence-electron chi connectivity index (χ3n) is 5.24. The first-order valence-electron chi connectivity index (χ1n) is 8.97. The van der Waals surface area contributed by atoms with Crippen molar-refractivity contribution >= 4 is 17.2 Å². The topological polar surface area (TPSA) is 45.2 Å². The quantitative estimate of drug-likeness (QED) is 0.857. The Bertz CT molecular complexity index is 692. The van der Waals surface area contributed by atoms with Gasteiger partial charge in [-0.2, -0.15) is 0 Å². The highest BCUT2D eigenvalue weighted by Gasteiger charge is 2.27. The molecule has 2 aliphatic rings. The first-order chi connectivity index (χ1) is 11.7. The van der Waals surface area contributed by atoms with Crippen molar-refractivity contribution in [2.24, 2.45) is 0 Å². The molecule has 1 saturated heterocycles. The molecule has 24 heavy (non-hydrogen) atoms. The minimum atomic E-state index is 0.410. The Hall–Kier alpha value is -1.53. The predicted octanol–water partition coefficient (Wildman–Crippen LogP) is 3.00. The Labute approximate surface area is 147 Å². The van der Waals surface area contributed by atoms with Crippen LogP contribution in [0.2, 0.25) is 0 Å². The van der Waals surface area contributed by atoms with E-state index in [0.29, 0.717) is 6.04 Å². The number of fused-ring (bicyclic) bond motifs is 1. The van der Waals surface area contributed by atoms with Crippen LogP contribution in [0.15, 0.2) is 11.6 Å². The maximum atomic E-state index is 4.82. The second kappa shape index (κ2) is 6.76. The molecule has 4 rings (SSSR count). The van der Waals surface area contributed by atoms with Crippen molar-refractivity contribution in [3.63, 3.8) is 0 Å². The van der Waals surface area contributed by atoms with Gasteiger partial charge in [0.25, 0.3) is 0 Å². The fourth-order valence-electron chi connectivity index (χ4n) is 3.87. The number of hydrogen-bond acceptors (Lipinski definition) is 6. The van der Waals surface area contributed by atoms with Crippen LogP contribution in [0.1, 0.15) is 47.9 Å². The van der Waals surface area contributed by atoms with Gasteiger partial charge in [-0.25, -0.2) is 15.0 Å². The van der Waals surface area contributed by atoms with Gasteiger partial charge in [-0.15, -0.1) is 11.3 Å². The van der Waals surface area contributed by atoms with Crippen molar-refractivity contribution < 1.29 is 0 Å². The molecule has 128 valence electrons. The number of nitrogens with zero attached hydrogens (tertiary/aromatic N) is 5. The van der Waals surface area contributed by atoms with E-state index in [2.05, 4.69) is 27.1 Å². The zero-order chi connectivity index (χ0) is 16.5. The van der Waals surface area contributed by atoms with Gasteiger partial charge in [-0.3, -0.25) is 4.90 Å². The molecule has 5 nitrogen and oxygen atoms in total. The highest BCUT2D eigenvalue weighted by Crippen LogP contribution is 2.30. The van der Waals surface area contributed by atoms with Crippen molar-refractivity contribution in [3.05, 3.63) is 33.7 Å². The van der Waals surface area contributed by atoms with Gasteiger partial charge >= 0.3 is 0 Å². The van der Waals surface area contributed by atoms with Gasteiger partial charge in [0.05, 0.1) is 6.04 Å². The van der Waals surface area contributed by atoms with Crippen molar-refractivity contribution in [3.8, 4) is 0 Å². The molecule has 1 aliphatic carbocycles. The van der Waals surface area contributed by atoms with Crippen LogP contribution in [0.4, 0.5) is 5.82 Å². The third-order valence-corrected chi connectivity index (χ3v) is 6.19. The minimum Gasteiger partial charge on any atom is -0.354 e. The summed E-state index contributed by atoms with van der Waals surface area (Å²) in [7, 11) is 0. The van der Waals surface area contributed by atoms with Crippen molar-refractivity contribution in [2.45, 2.75) is 45.6 Å². The Balaban J connectivity index is 1.49. The molecule has 0 aromatic carbocycles. The Kier molecular flexibility index (Phi) is 4.50. The summed E-state index contributed by atoms with van der Waals surface area (Å²) in [5.74, 6) is 2.13. The van der Waals surface area contributed by atoms with Crippen molar-refractivity contribution in [1.82, 2.24) is 19.9 Å². The van der Waals surface area contributed by atoms with Gasteiger partial charge in [0, 0.05) is 49.0 Å². The first-order valence-corrected chi connectivity index (χ1v) is 9.85. The zero-order valence-electron chi connectivity index (χ0n) is 14.5. The zero-order valence-corrected chi connectivity index (χ0v) is 15.3. The van der Waals surface area contributed by atoms with Gasteiger partial charge in [0.15, 0.2) is 0 Å². The maximum absolute atomic E-state index is 4.82. The number of thiazole rings is 1. The van der Waals surface area contributed by atoms with Gasteiger partial charge < -0.3 is 4.90 Å². The largest absolute Gasteiger partial charge is 0.354 e. The molecule has 1 fully saturated rings. The summed E-state index contributed by atoms with van der Waals surface area (Å²) in [6.45, 7) is 8.51. The number of aromatic nitrogens is 3. The van der Waals surface area contributed by atoms with Crippen LogP contribution in [-0.4, -0.2) is 46.0 Å². The van der Waals surface area contributed by atoms with E-state index >= 15 is 0 Å². The first kappa shape index (κ1) is 16.0. The van der Waals surface area contributed by atoms with E-state index in [9.17, 15) is 0 Å². The molecule has 0 radical (unpaired) electrons. The van der Waals surface area contributed by atoms with Gasteiger partial charge in [-0.05, 0) is 39.5 Å². The molecule has 0 N–H and O–H groups in total. The van der Waals surface area contributed by atoms with Crippen LogP contribution >= 0.6 is 11.3 Å². The average Bonchev–Trinajstić information content (AvgIpc) is 3.15. The van der Waals surface area contributed by atoms with Crippen LogP contribution in [0.5, 0.6) is 0 Å². The summed E-state index contributed by atoms with van der Waals surface area (Å²) in [6.07, 6.45) is 6.70. The maximum Gasteiger partial charge on any atom is 0.135 e. The summed E-state index contributed by atoms with van der Waals surface area (Å²) in [4.78, 5) is 19.0. The van der Waals surface area contributed by atoms with E-state index in [4.69, 9.17) is 9.97 Å². The molecule has 6 heteroatoms. The molecule has 2 aromatic heterocycles. The van der Waals surface area contributed by atoms with E-state index < -0.39 is 0 Å². The lowest BCUT2D eigenvalue weighted by Crippen LogP contribution is -2.48. The standard InChI is InChI=1S/C18H25N5S/c1-13(18-19-7-12-24-18)22-8-10-23(11-9-22)17-15-5-3-4-6-16(15)20-14(2)21-17/h7,12-13H,3-6,8-11H2,1-2H3. The highest BCUT2D eigenvalue weighted by molar-refractivity contribution is 7.09. The number of anilines is 1. The molecule has 1 unspecified atom stereocenters. The Morgan fingerprint density at radius 2 is 1.88 bits per heavy atom. The summed E-state index contributed by atoms with van der Waals surface area (Å²) in [5.41, 5.74) is 2.70. The van der Waals surface area contributed by atoms with Gasteiger partial charge in [-0.1, -0.05) is 0 Å². The van der Waals surface area contributed by atoms with Crippen LogP contribution in [0.3, 0.4) is 0 Å². The number of aryl methyl sites for hydroxylation is 2. The lowest BCUT2D eigenvalue weighted by atomic mass is 9.96. The van der Waals surface area contributed by atoms with Crippen LogP contribution in [0.25, 0.3) is 0 Å². The molecular weight excluding hydrogens is 318 g/mol. The number of rotatable bonds is 3. The lowest BCUT2D eigenvalue weighted by molar-refractivity contribution is 0.197. The lowest BCUT2D eigenvalue weighted by Gasteiger charge is -2.39. The fourth-order valence-corrected chi connectivity index (χ4v) is 4.60. The predicted molar refractivity (Wildman–Crippen MR) is 97.7 cm³/mol.